The maximum Gasteiger partial charge on any atom is 0.268 e. The summed E-state index contributed by atoms with van der Waals surface area (Å²) in [5.74, 6) is 0.161. The summed E-state index contributed by atoms with van der Waals surface area (Å²) in [4.78, 5) is 28.4. The normalized spacial score (nSPS) is 15.5. The topological polar surface area (TPSA) is 74.6 Å². The zero-order chi connectivity index (χ0) is 19.4. The Hall–Kier alpha value is -1.57. The molecule has 1 amide bonds. The zero-order valence-corrected chi connectivity index (χ0v) is 18.2. The van der Waals surface area contributed by atoms with Gasteiger partial charge in [-0.2, -0.15) is 0 Å². The van der Waals surface area contributed by atoms with Crippen LogP contribution in [0.4, 0.5) is 0 Å². The van der Waals surface area contributed by atoms with Gasteiger partial charge in [-0.05, 0) is 63.2 Å². The van der Waals surface area contributed by atoms with E-state index in [0.29, 0.717) is 23.3 Å². The maximum atomic E-state index is 12.7. The van der Waals surface area contributed by atoms with Crippen molar-refractivity contribution in [2.24, 2.45) is 5.92 Å². The average molecular weight is 428 g/mol. The Balaban J connectivity index is 0.00000280. The van der Waals surface area contributed by atoms with E-state index in [9.17, 15) is 14.7 Å². The molecule has 0 atom stereocenters. The molecule has 0 bridgehead atoms. The molecule has 3 rings (SSSR count). The van der Waals surface area contributed by atoms with E-state index in [2.05, 4.69) is 17.1 Å². The molecule has 1 aliphatic heterocycles. The minimum absolute atomic E-state index is 0. The number of likely N-dealkylation sites (tertiary alicyclic amines) is 1. The Labute approximate surface area is 176 Å². The van der Waals surface area contributed by atoms with Crippen LogP contribution in [0.15, 0.2) is 16.2 Å². The summed E-state index contributed by atoms with van der Waals surface area (Å²) in [6, 6.07) is 1.75. The standard InChI is InChI=1S/C20H29N3O3S.ClH/c1-3-14-6-11-22(12-7-14)10-5-9-21-18(25)16-17(24)15-8-13-27-20(15)23(4-2)19(16)26;/h8,13-14,24H,3-7,9-12H2,1-2H3,(H,21,25);1H. The van der Waals surface area contributed by atoms with Crippen molar-refractivity contribution < 1.29 is 9.90 Å². The van der Waals surface area contributed by atoms with Crippen molar-refractivity contribution in [3.8, 4) is 5.75 Å². The van der Waals surface area contributed by atoms with Crippen LogP contribution in [-0.4, -0.2) is 46.7 Å². The molecule has 0 aromatic carbocycles. The summed E-state index contributed by atoms with van der Waals surface area (Å²) < 4.78 is 1.55. The molecule has 0 aliphatic carbocycles. The van der Waals surface area contributed by atoms with E-state index in [1.807, 2.05) is 12.3 Å². The fourth-order valence-corrected chi connectivity index (χ4v) is 4.82. The van der Waals surface area contributed by atoms with E-state index in [1.54, 1.807) is 10.6 Å². The number of nitrogens with zero attached hydrogens (tertiary/aromatic N) is 2. The minimum atomic E-state index is -0.488. The van der Waals surface area contributed by atoms with Gasteiger partial charge >= 0.3 is 0 Å². The first-order valence-corrected chi connectivity index (χ1v) is 10.8. The second kappa shape index (κ2) is 10.3. The molecule has 8 heteroatoms. The third-order valence-electron chi connectivity index (χ3n) is 5.61. The molecule has 1 aliphatic rings. The van der Waals surface area contributed by atoms with E-state index >= 15 is 0 Å². The number of thiophene rings is 1. The highest BCUT2D eigenvalue weighted by Crippen LogP contribution is 2.30. The van der Waals surface area contributed by atoms with Crippen LogP contribution in [0.2, 0.25) is 0 Å². The molecule has 2 aromatic rings. The zero-order valence-electron chi connectivity index (χ0n) is 16.6. The Morgan fingerprint density at radius 3 is 2.68 bits per heavy atom. The number of piperidine rings is 1. The summed E-state index contributed by atoms with van der Waals surface area (Å²) in [6.07, 6.45) is 4.62. The van der Waals surface area contributed by atoms with Crippen molar-refractivity contribution >= 4 is 39.9 Å². The maximum absolute atomic E-state index is 12.7. The lowest BCUT2D eigenvalue weighted by Crippen LogP contribution is -2.37. The van der Waals surface area contributed by atoms with Crippen LogP contribution in [0, 0.1) is 5.92 Å². The Morgan fingerprint density at radius 2 is 2.04 bits per heavy atom. The molecule has 156 valence electrons. The molecular formula is C20H30ClN3O3S. The lowest BCUT2D eigenvalue weighted by atomic mass is 9.94. The second-order valence-electron chi connectivity index (χ2n) is 7.22. The molecule has 0 saturated carbocycles. The van der Waals surface area contributed by atoms with Gasteiger partial charge in [0.1, 0.15) is 16.1 Å². The van der Waals surface area contributed by atoms with Crippen LogP contribution in [0.1, 0.15) is 49.9 Å². The van der Waals surface area contributed by atoms with E-state index in [-0.39, 0.29) is 23.7 Å². The quantitative estimate of drug-likeness (QED) is 0.663. The second-order valence-corrected chi connectivity index (χ2v) is 8.11. The number of aromatic hydroxyl groups is 1. The van der Waals surface area contributed by atoms with Crippen LogP contribution in [0.5, 0.6) is 5.75 Å². The molecule has 0 unspecified atom stereocenters. The first kappa shape index (κ1) is 22.7. The van der Waals surface area contributed by atoms with Crippen LogP contribution in [0.25, 0.3) is 10.2 Å². The van der Waals surface area contributed by atoms with E-state index < -0.39 is 11.5 Å². The average Bonchev–Trinajstić information content (AvgIpc) is 3.16. The van der Waals surface area contributed by atoms with Gasteiger partial charge in [0.2, 0.25) is 0 Å². The van der Waals surface area contributed by atoms with Crippen molar-refractivity contribution in [1.29, 1.82) is 0 Å². The van der Waals surface area contributed by atoms with E-state index in [0.717, 1.165) is 32.0 Å². The number of hydrogen-bond acceptors (Lipinski definition) is 5. The summed E-state index contributed by atoms with van der Waals surface area (Å²) >= 11 is 1.39. The van der Waals surface area contributed by atoms with Gasteiger partial charge in [0, 0.05) is 13.1 Å². The predicted molar refractivity (Wildman–Crippen MR) is 117 cm³/mol. The Bertz CT molecular complexity index is 856. The first-order valence-electron chi connectivity index (χ1n) is 9.90. The molecule has 1 saturated heterocycles. The Morgan fingerprint density at radius 1 is 1.32 bits per heavy atom. The van der Waals surface area contributed by atoms with Gasteiger partial charge in [-0.25, -0.2) is 0 Å². The van der Waals surface area contributed by atoms with Crippen molar-refractivity contribution in [3.05, 3.63) is 27.4 Å². The molecule has 2 N–H and O–H groups in total. The van der Waals surface area contributed by atoms with Crippen LogP contribution >= 0.6 is 23.7 Å². The molecule has 28 heavy (non-hydrogen) atoms. The van der Waals surface area contributed by atoms with Crippen molar-refractivity contribution in [3.63, 3.8) is 0 Å². The van der Waals surface area contributed by atoms with Crippen molar-refractivity contribution in [2.45, 2.75) is 46.1 Å². The molecule has 2 aromatic heterocycles. The number of nitrogens with one attached hydrogen (secondary N) is 1. The smallest absolute Gasteiger partial charge is 0.268 e. The van der Waals surface area contributed by atoms with Crippen molar-refractivity contribution in [1.82, 2.24) is 14.8 Å². The Kier molecular flexibility index (Phi) is 8.34. The predicted octanol–water partition coefficient (Wildman–Crippen LogP) is 3.45. The molecule has 0 spiro atoms. The number of carbonyl (C=O) groups is 1. The minimum Gasteiger partial charge on any atom is -0.506 e. The summed E-state index contributed by atoms with van der Waals surface area (Å²) in [5.41, 5.74) is -0.574. The number of aryl methyl sites for hydroxylation is 1. The van der Waals surface area contributed by atoms with Gasteiger partial charge in [0.25, 0.3) is 11.5 Å². The number of aromatic nitrogens is 1. The number of hydrogen-bond donors (Lipinski definition) is 2. The van der Waals surface area contributed by atoms with Gasteiger partial charge in [0.05, 0.1) is 5.39 Å². The number of amides is 1. The molecular weight excluding hydrogens is 398 g/mol. The number of rotatable bonds is 7. The van der Waals surface area contributed by atoms with Crippen LogP contribution in [-0.2, 0) is 6.54 Å². The number of pyridine rings is 1. The highest BCUT2D eigenvalue weighted by Gasteiger charge is 2.22. The van der Waals surface area contributed by atoms with Crippen molar-refractivity contribution in [2.75, 3.05) is 26.2 Å². The highest BCUT2D eigenvalue weighted by atomic mass is 35.5. The SMILES string of the molecule is CCC1CCN(CCCNC(=O)c2c(O)c3ccsc3n(CC)c2=O)CC1.Cl. The molecule has 6 nitrogen and oxygen atoms in total. The third-order valence-corrected chi connectivity index (χ3v) is 6.54. The third kappa shape index (κ3) is 4.70. The summed E-state index contributed by atoms with van der Waals surface area (Å²) in [5, 5.41) is 15.6. The monoisotopic (exact) mass is 427 g/mol. The van der Waals surface area contributed by atoms with E-state index in [1.165, 1.54) is 30.6 Å². The lowest BCUT2D eigenvalue weighted by molar-refractivity contribution is 0.0946. The van der Waals surface area contributed by atoms with Gasteiger partial charge in [-0.15, -0.1) is 23.7 Å². The summed E-state index contributed by atoms with van der Waals surface area (Å²) in [7, 11) is 0. The fraction of sp³-hybridized carbons (Fsp3) is 0.600. The van der Waals surface area contributed by atoms with Crippen LogP contribution in [0.3, 0.4) is 0 Å². The molecule has 1 fully saturated rings. The van der Waals surface area contributed by atoms with Crippen LogP contribution < -0.4 is 10.9 Å². The number of fused-ring (bicyclic) bond motifs is 1. The fourth-order valence-electron chi connectivity index (χ4n) is 3.86. The van der Waals surface area contributed by atoms with Gasteiger partial charge in [-0.1, -0.05) is 13.3 Å². The lowest BCUT2D eigenvalue weighted by Gasteiger charge is -2.31. The highest BCUT2D eigenvalue weighted by molar-refractivity contribution is 7.16. The van der Waals surface area contributed by atoms with Gasteiger partial charge in [-0.3, -0.25) is 14.2 Å². The van der Waals surface area contributed by atoms with E-state index in [4.69, 9.17) is 0 Å². The largest absolute Gasteiger partial charge is 0.506 e. The molecule has 3 heterocycles. The molecule has 0 radical (unpaired) electrons. The summed E-state index contributed by atoms with van der Waals surface area (Å²) in [6.45, 7) is 8.29. The number of carbonyl (C=O) groups excluding carboxylic acids is 1. The number of halogens is 1. The van der Waals surface area contributed by atoms with Gasteiger partial charge in [0.15, 0.2) is 0 Å². The first-order chi connectivity index (χ1) is 13.1. The van der Waals surface area contributed by atoms with Gasteiger partial charge < -0.3 is 15.3 Å².